The normalized spacial score (nSPS) is 13.8. The van der Waals surface area contributed by atoms with Gasteiger partial charge in [0.1, 0.15) is 0 Å². The number of fused-ring (bicyclic) bond motifs is 1. The predicted molar refractivity (Wildman–Crippen MR) is 94.8 cm³/mol. The SMILES string of the molecule is CN(Cc1ccccn1)C(=O)c1n[nH]c2c1CN(Cc1cnn(C)c1)C2. The van der Waals surface area contributed by atoms with E-state index in [-0.39, 0.29) is 5.91 Å². The largest absolute Gasteiger partial charge is 0.334 e. The second-order valence-corrected chi connectivity index (χ2v) is 6.68. The van der Waals surface area contributed by atoms with Gasteiger partial charge in [-0.2, -0.15) is 10.2 Å². The average Bonchev–Trinajstić information content (AvgIpc) is 3.31. The number of nitrogens with one attached hydrogen (secondary N) is 1. The number of pyridine rings is 1. The van der Waals surface area contributed by atoms with Gasteiger partial charge in [0, 0.05) is 57.3 Å². The van der Waals surface area contributed by atoms with Gasteiger partial charge >= 0.3 is 0 Å². The summed E-state index contributed by atoms with van der Waals surface area (Å²) in [6, 6.07) is 5.69. The number of hydrogen-bond acceptors (Lipinski definition) is 5. The Morgan fingerprint density at radius 1 is 1.35 bits per heavy atom. The van der Waals surface area contributed by atoms with Gasteiger partial charge in [0.05, 0.1) is 24.1 Å². The minimum Gasteiger partial charge on any atom is -0.334 e. The van der Waals surface area contributed by atoms with Crippen LogP contribution in [0.4, 0.5) is 0 Å². The zero-order valence-corrected chi connectivity index (χ0v) is 14.9. The van der Waals surface area contributed by atoms with E-state index >= 15 is 0 Å². The second kappa shape index (κ2) is 6.72. The van der Waals surface area contributed by atoms with E-state index in [1.807, 2.05) is 37.6 Å². The van der Waals surface area contributed by atoms with Crippen molar-refractivity contribution in [1.82, 2.24) is 34.8 Å². The first-order valence-corrected chi connectivity index (χ1v) is 8.51. The molecule has 0 saturated carbocycles. The fraction of sp³-hybridized carbons (Fsp3) is 0.333. The Hall–Kier alpha value is -3.00. The van der Waals surface area contributed by atoms with Crippen molar-refractivity contribution in [3.05, 3.63) is 65.0 Å². The van der Waals surface area contributed by atoms with E-state index in [1.165, 1.54) is 0 Å². The van der Waals surface area contributed by atoms with Crippen molar-refractivity contribution in [3.8, 4) is 0 Å². The zero-order valence-electron chi connectivity index (χ0n) is 14.9. The van der Waals surface area contributed by atoms with Gasteiger partial charge in [0.2, 0.25) is 0 Å². The maximum Gasteiger partial charge on any atom is 0.274 e. The Morgan fingerprint density at radius 2 is 2.23 bits per heavy atom. The summed E-state index contributed by atoms with van der Waals surface area (Å²) in [4.78, 5) is 21.0. The number of nitrogens with zero attached hydrogens (tertiary/aromatic N) is 6. The third kappa shape index (κ3) is 3.23. The third-order valence-electron chi connectivity index (χ3n) is 4.56. The molecule has 4 heterocycles. The highest BCUT2D eigenvalue weighted by Crippen LogP contribution is 2.26. The number of carbonyl (C=O) groups is 1. The summed E-state index contributed by atoms with van der Waals surface area (Å²) in [5.41, 5.74) is 4.53. The summed E-state index contributed by atoms with van der Waals surface area (Å²) in [7, 11) is 3.69. The van der Waals surface area contributed by atoms with Crippen LogP contribution < -0.4 is 0 Å². The molecule has 0 spiro atoms. The molecule has 134 valence electrons. The van der Waals surface area contributed by atoms with Gasteiger partial charge in [-0.25, -0.2) is 0 Å². The smallest absolute Gasteiger partial charge is 0.274 e. The number of H-pyrrole nitrogens is 1. The molecule has 4 rings (SSSR count). The summed E-state index contributed by atoms with van der Waals surface area (Å²) in [5, 5.41) is 11.5. The predicted octanol–water partition coefficient (Wildman–Crippen LogP) is 1.33. The minimum absolute atomic E-state index is 0.0867. The van der Waals surface area contributed by atoms with E-state index in [0.717, 1.165) is 35.6 Å². The van der Waals surface area contributed by atoms with Crippen LogP contribution in [0.15, 0.2) is 36.8 Å². The van der Waals surface area contributed by atoms with Crippen LogP contribution in [-0.4, -0.2) is 47.7 Å². The number of amides is 1. The summed E-state index contributed by atoms with van der Waals surface area (Å²) in [6.45, 7) is 2.72. The number of rotatable bonds is 5. The Labute approximate surface area is 151 Å². The van der Waals surface area contributed by atoms with Gasteiger partial charge in [-0.15, -0.1) is 0 Å². The van der Waals surface area contributed by atoms with Crippen LogP contribution >= 0.6 is 0 Å². The molecule has 8 heteroatoms. The molecule has 8 nitrogen and oxygen atoms in total. The Kier molecular flexibility index (Phi) is 4.26. The molecule has 0 bridgehead atoms. The van der Waals surface area contributed by atoms with Crippen molar-refractivity contribution in [2.75, 3.05) is 7.05 Å². The second-order valence-electron chi connectivity index (χ2n) is 6.68. The van der Waals surface area contributed by atoms with Crippen LogP contribution in [-0.2, 0) is 33.2 Å². The first kappa shape index (κ1) is 16.5. The topological polar surface area (TPSA) is 82.9 Å². The Balaban J connectivity index is 1.44. The summed E-state index contributed by atoms with van der Waals surface area (Å²) >= 11 is 0. The lowest BCUT2D eigenvalue weighted by molar-refractivity contribution is 0.0775. The van der Waals surface area contributed by atoms with Gasteiger partial charge < -0.3 is 4.90 Å². The van der Waals surface area contributed by atoms with Crippen molar-refractivity contribution in [3.63, 3.8) is 0 Å². The minimum atomic E-state index is -0.0867. The Morgan fingerprint density at radius 3 is 2.96 bits per heavy atom. The molecule has 1 aliphatic heterocycles. The van der Waals surface area contributed by atoms with E-state index in [0.29, 0.717) is 18.8 Å². The molecule has 3 aromatic heterocycles. The van der Waals surface area contributed by atoms with Gasteiger partial charge in [-0.05, 0) is 12.1 Å². The third-order valence-corrected chi connectivity index (χ3v) is 4.56. The van der Waals surface area contributed by atoms with E-state index in [9.17, 15) is 4.79 Å². The van der Waals surface area contributed by atoms with Gasteiger partial charge in [0.25, 0.3) is 5.91 Å². The number of aromatic nitrogens is 5. The molecule has 0 saturated heterocycles. The number of aromatic amines is 1. The van der Waals surface area contributed by atoms with E-state index < -0.39 is 0 Å². The van der Waals surface area contributed by atoms with E-state index in [2.05, 4.69) is 25.2 Å². The molecule has 1 N–H and O–H groups in total. The van der Waals surface area contributed by atoms with Crippen LogP contribution in [0, 0.1) is 0 Å². The Bertz CT molecular complexity index is 915. The molecule has 26 heavy (non-hydrogen) atoms. The first-order valence-electron chi connectivity index (χ1n) is 8.51. The zero-order chi connectivity index (χ0) is 18.1. The molecular weight excluding hydrogens is 330 g/mol. The lowest BCUT2D eigenvalue weighted by Crippen LogP contribution is -2.28. The highest BCUT2D eigenvalue weighted by atomic mass is 16.2. The maximum absolute atomic E-state index is 12.8. The molecule has 0 radical (unpaired) electrons. The molecule has 1 amide bonds. The summed E-state index contributed by atoms with van der Waals surface area (Å²) in [5.74, 6) is -0.0867. The lowest BCUT2D eigenvalue weighted by atomic mass is 10.2. The summed E-state index contributed by atoms with van der Waals surface area (Å²) < 4.78 is 1.80. The highest BCUT2D eigenvalue weighted by Gasteiger charge is 2.29. The van der Waals surface area contributed by atoms with E-state index in [1.54, 1.807) is 22.8 Å². The molecule has 1 aliphatic rings. The maximum atomic E-state index is 12.8. The molecule has 0 fully saturated rings. The number of hydrogen-bond donors (Lipinski definition) is 1. The molecule has 0 atom stereocenters. The molecule has 3 aromatic rings. The van der Waals surface area contributed by atoms with Crippen molar-refractivity contribution in [2.45, 2.75) is 26.2 Å². The molecule has 0 aliphatic carbocycles. The number of aryl methyl sites for hydroxylation is 1. The van der Waals surface area contributed by atoms with E-state index in [4.69, 9.17) is 0 Å². The van der Waals surface area contributed by atoms with Crippen molar-refractivity contribution in [2.24, 2.45) is 7.05 Å². The first-order chi connectivity index (χ1) is 12.6. The van der Waals surface area contributed by atoms with Gasteiger partial charge in [0.15, 0.2) is 5.69 Å². The lowest BCUT2D eigenvalue weighted by Gasteiger charge is -2.17. The quantitative estimate of drug-likeness (QED) is 0.750. The molecule has 0 unspecified atom stereocenters. The van der Waals surface area contributed by atoms with Crippen LogP contribution in [0.25, 0.3) is 0 Å². The average molecular weight is 351 g/mol. The monoisotopic (exact) mass is 351 g/mol. The summed E-state index contributed by atoms with van der Waals surface area (Å²) in [6.07, 6.45) is 5.62. The van der Waals surface area contributed by atoms with Crippen LogP contribution in [0.1, 0.15) is 33.0 Å². The standard InChI is InChI=1S/C18H21N7O/c1-23(10-14-5-3-4-6-19-14)18(26)17-15-11-25(12-16(15)21-22-17)9-13-7-20-24(2)8-13/h3-8H,9-12H2,1-2H3,(H,21,22). The molecular formula is C18H21N7O. The fourth-order valence-corrected chi connectivity index (χ4v) is 3.29. The van der Waals surface area contributed by atoms with Crippen molar-refractivity contribution in [1.29, 1.82) is 0 Å². The van der Waals surface area contributed by atoms with Crippen LogP contribution in [0.5, 0.6) is 0 Å². The van der Waals surface area contributed by atoms with Crippen molar-refractivity contribution >= 4 is 5.91 Å². The van der Waals surface area contributed by atoms with Crippen molar-refractivity contribution < 1.29 is 4.79 Å². The van der Waals surface area contributed by atoms with Crippen LogP contribution in [0.2, 0.25) is 0 Å². The van der Waals surface area contributed by atoms with Gasteiger partial charge in [-0.1, -0.05) is 6.07 Å². The van der Waals surface area contributed by atoms with Gasteiger partial charge in [-0.3, -0.25) is 24.5 Å². The van der Waals surface area contributed by atoms with Crippen LogP contribution in [0.3, 0.4) is 0 Å². The number of carbonyl (C=O) groups excluding carboxylic acids is 1. The fourth-order valence-electron chi connectivity index (χ4n) is 3.29. The molecule has 0 aromatic carbocycles. The highest BCUT2D eigenvalue weighted by molar-refractivity contribution is 5.93.